The normalized spacial score (nSPS) is 16.2. The number of anilines is 2. The molecule has 2 aromatic carbocycles. The van der Waals surface area contributed by atoms with Crippen LogP contribution < -0.4 is 19.7 Å². The minimum atomic E-state index is -0.404. The molecule has 0 spiro atoms. The highest BCUT2D eigenvalue weighted by molar-refractivity contribution is 8.00. The van der Waals surface area contributed by atoms with E-state index in [0.29, 0.717) is 48.8 Å². The number of benzene rings is 2. The Morgan fingerprint density at radius 1 is 1.03 bits per heavy atom. The van der Waals surface area contributed by atoms with E-state index in [1.807, 2.05) is 35.8 Å². The number of morpholine rings is 1. The second-order valence-corrected chi connectivity index (χ2v) is 9.47. The maximum absolute atomic E-state index is 13.0. The number of hydrogen-bond donors (Lipinski definition) is 1. The third-order valence-electron chi connectivity index (χ3n) is 5.63. The van der Waals surface area contributed by atoms with Crippen LogP contribution in [0.25, 0.3) is 5.69 Å². The maximum Gasteiger partial charge on any atom is 0.237 e. The topological polar surface area (TPSA) is 90.7 Å². The molecule has 1 fully saturated rings. The lowest BCUT2D eigenvalue weighted by Gasteiger charge is -2.28. The summed E-state index contributed by atoms with van der Waals surface area (Å²) in [7, 11) is 0. The molecule has 0 saturated carbocycles. The molecule has 1 N–H and O–H groups in total. The number of carbonyl (C=O) groups excluding carboxylic acids is 1. The predicted molar refractivity (Wildman–Crippen MR) is 131 cm³/mol. The number of aryl methyl sites for hydroxylation is 1. The van der Waals surface area contributed by atoms with Crippen molar-refractivity contribution in [2.75, 3.05) is 49.7 Å². The van der Waals surface area contributed by atoms with E-state index in [4.69, 9.17) is 14.2 Å². The number of nitrogens with zero attached hydrogens (tertiary/aromatic N) is 4. The Balaban J connectivity index is 1.36. The zero-order valence-electron chi connectivity index (χ0n) is 19.2. The van der Waals surface area contributed by atoms with E-state index in [0.717, 1.165) is 30.3 Å². The molecule has 3 aromatic rings. The van der Waals surface area contributed by atoms with Crippen LogP contribution in [0.3, 0.4) is 0 Å². The van der Waals surface area contributed by atoms with Crippen molar-refractivity contribution in [1.29, 1.82) is 0 Å². The Morgan fingerprint density at radius 3 is 2.62 bits per heavy atom. The summed E-state index contributed by atoms with van der Waals surface area (Å²) >= 11 is 1.38. The molecule has 1 unspecified atom stereocenters. The van der Waals surface area contributed by atoms with Gasteiger partial charge in [0.15, 0.2) is 16.7 Å². The molecule has 10 heteroatoms. The van der Waals surface area contributed by atoms with Crippen molar-refractivity contribution in [3.05, 3.63) is 48.0 Å². The quantitative estimate of drug-likeness (QED) is 0.537. The second-order valence-electron chi connectivity index (χ2n) is 8.16. The van der Waals surface area contributed by atoms with Crippen molar-refractivity contribution in [2.24, 2.45) is 0 Å². The summed E-state index contributed by atoms with van der Waals surface area (Å²) in [6.07, 6.45) is 0. The summed E-state index contributed by atoms with van der Waals surface area (Å²) in [5.74, 6) is 1.96. The zero-order valence-corrected chi connectivity index (χ0v) is 20.0. The van der Waals surface area contributed by atoms with E-state index in [-0.39, 0.29) is 5.91 Å². The maximum atomic E-state index is 13.0. The van der Waals surface area contributed by atoms with Crippen LogP contribution in [0.1, 0.15) is 12.5 Å². The smallest absolute Gasteiger partial charge is 0.237 e. The average Bonchev–Trinajstić information content (AvgIpc) is 3.28. The Morgan fingerprint density at radius 2 is 1.82 bits per heavy atom. The lowest BCUT2D eigenvalue weighted by Crippen LogP contribution is -2.38. The van der Waals surface area contributed by atoms with Gasteiger partial charge < -0.3 is 24.4 Å². The van der Waals surface area contributed by atoms with E-state index in [1.165, 1.54) is 11.8 Å². The van der Waals surface area contributed by atoms with Crippen LogP contribution in [0.15, 0.2) is 47.6 Å². The van der Waals surface area contributed by atoms with Crippen LogP contribution in [0.4, 0.5) is 11.6 Å². The first-order chi connectivity index (χ1) is 16.6. The van der Waals surface area contributed by atoms with E-state index in [2.05, 4.69) is 39.5 Å². The third-order valence-corrected chi connectivity index (χ3v) is 6.67. The summed E-state index contributed by atoms with van der Waals surface area (Å²) in [5.41, 5.74) is 2.77. The Labute approximate surface area is 202 Å². The fraction of sp³-hybridized carbons (Fsp3) is 0.375. The van der Waals surface area contributed by atoms with Gasteiger partial charge in [0, 0.05) is 24.8 Å². The Hall–Kier alpha value is -3.24. The Kier molecular flexibility index (Phi) is 6.59. The molecular formula is C24H27N5O4S. The fourth-order valence-electron chi connectivity index (χ4n) is 3.88. The van der Waals surface area contributed by atoms with E-state index in [1.54, 1.807) is 6.07 Å². The highest BCUT2D eigenvalue weighted by Crippen LogP contribution is 2.34. The first-order valence-corrected chi connectivity index (χ1v) is 12.2. The van der Waals surface area contributed by atoms with Crippen LogP contribution in [0.5, 0.6) is 11.5 Å². The van der Waals surface area contributed by atoms with Crippen molar-refractivity contribution in [3.63, 3.8) is 0 Å². The summed E-state index contributed by atoms with van der Waals surface area (Å²) in [6, 6.07) is 13.6. The summed E-state index contributed by atoms with van der Waals surface area (Å²) < 4.78 is 18.7. The van der Waals surface area contributed by atoms with Gasteiger partial charge in [-0.05, 0) is 43.7 Å². The highest BCUT2D eigenvalue weighted by atomic mass is 32.2. The molecule has 0 radical (unpaired) electrons. The van der Waals surface area contributed by atoms with Gasteiger partial charge in [0.25, 0.3) is 0 Å². The predicted octanol–water partition coefficient (Wildman–Crippen LogP) is 3.30. The molecule has 1 saturated heterocycles. The zero-order chi connectivity index (χ0) is 23.5. The number of ether oxygens (including phenoxy) is 3. The summed E-state index contributed by atoms with van der Waals surface area (Å²) in [4.78, 5) is 15.2. The first-order valence-electron chi connectivity index (χ1n) is 11.3. The number of rotatable bonds is 6. The minimum absolute atomic E-state index is 0.131. The lowest BCUT2D eigenvalue weighted by molar-refractivity contribution is -0.115. The van der Waals surface area contributed by atoms with E-state index >= 15 is 0 Å². The van der Waals surface area contributed by atoms with Crippen LogP contribution in [-0.2, 0) is 9.53 Å². The van der Waals surface area contributed by atoms with Gasteiger partial charge in [-0.2, -0.15) is 0 Å². The molecule has 2 aliphatic heterocycles. The molecule has 5 rings (SSSR count). The van der Waals surface area contributed by atoms with Gasteiger partial charge in [-0.15, -0.1) is 10.2 Å². The second kappa shape index (κ2) is 9.94. The molecule has 0 bridgehead atoms. The van der Waals surface area contributed by atoms with Gasteiger partial charge in [-0.3, -0.25) is 9.36 Å². The van der Waals surface area contributed by atoms with Gasteiger partial charge in [-0.1, -0.05) is 23.9 Å². The molecule has 2 aliphatic rings. The van der Waals surface area contributed by atoms with Gasteiger partial charge >= 0.3 is 0 Å². The third kappa shape index (κ3) is 4.83. The van der Waals surface area contributed by atoms with Gasteiger partial charge in [0.2, 0.25) is 11.9 Å². The average molecular weight is 482 g/mol. The van der Waals surface area contributed by atoms with Crippen LogP contribution >= 0.6 is 11.8 Å². The van der Waals surface area contributed by atoms with Crippen molar-refractivity contribution < 1.29 is 19.0 Å². The first kappa shape index (κ1) is 22.5. The Bertz CT molecular complexity index is 1180. The molecule has 178 valence electrons. The molecule has 1 aromatic heterocycles. The van der Waals surface area contributed by atoms with Crippen LogP contribution in [-0.4, -0.2) is 65.4 Å². The van der Waals surface area contributed by atoms with E-state index in [9.17, 15) is 4.79 Å². The monoisotopic (exact) mass is 481 g/mol. The number of fused-ring (bicyclic) bond motifs is 1. The van der Waals surface area contributed by atoms with Crippen molar-refractivity contribution in [1.82, 2.24) is 14.8 Å². The van der Waals surface area contributed by atoms with Crippen molar-refractivity contribution in [3.8, 4) is 17.2 Å². The van der Waals surface area contributed by atoms with Gasteiger partial charge in [0.05, 0.1) is 24.2 Å². The minimum Gasteiger partial charge on any atom is -0.486 e. The number of amides is 1. The molecular weight excluding hydrogens is 454 g/mol. The van der Waals surface area contributed by atoms with Crippen LogP contribution in [0, 0.1) is 6.92 Å². The number of thioether (sulfide) groups is 1. The van der Waals surface area contributed by atoms with Crippen molar-refractivity contribution in [2.45, 2.75) is 24.3 Å². The van der Waals surface area contributed by atoms with Gasteiger partial charge in [0.1, 0.15) is 13.2 Å². The molecule has 3 heterocycles. The number of nitrogens with one attached hydrogen (secondary N) is 1. The molecule has 1 amide bonds. The SMILES string of the molecule is Cc1cccc(-n2c(SC(C)C(=O)Nc3ccc4c(c3)OCCO4)nnc2N2CCOCC2)c1. The lowest BCUT2D eigenvalue weighted by atomic mass is 10.2. The molecule has 0 aliphatic carbocycles. The highest BCUT2D eigenvalue weighted by Gasteiger charge is 2.25. The van der Waals surface area contributed by atoms with Gasteiger partial charge in [-0.25, -0.2) is 0 Å². The fourth-order valence-corrected chi connectivity index (χ4v) is 4.74. The van der Waals surface area contributed by atoms with Crippen molar-refractivity contribution >= 4 is 29.3 Å². The number of hydrogen-bond acceptors (Lipinski definition) is 8. The summed E-state index contributed by atoms with van der Waals surface area (Å²) in [5, 5.41) is 12.2. The van der Waals surface area contributed by atoms with E-state index < -0.39 is 5.25 Å². The molecule has 9 nitrogen and oxygen atoms in total. The largest absolute Gasteiger partial charge is 0.486 e. The number of carbonyl (C=O) groups is 1. The van der Waals surface area contributed by atoms with Crippen LogP contribution in [0.2, 0.25) is 0 Å². The number of aromatic nitrogens is 3. The standard InChI is InChI=1S/C24H27N5O4S/c1-16-4-3-5-19(14-16)29-23(28-8-10-31-11-9-28)26-27-24(29)34-17(2)22(30)25-18-6-7-20-21(15-18)33-13-12-32-20/h3-7,14-15,17H,8-13H2,1-2H3,(H,25,30). The molecule has 34 heavy (non-hydrogen) atoms. The molecule has 1 atom stereocenters. The summed E-state index contributed by atoms with van der Waals surface area (Å²) in [6.45, 7) is 7.73.